The summed E-state index contributed by atoms with van der Waals surface area (Å²) in [4.78, 5) is 23.9. The van der Waals surface area contributed by atoms with Crippen molar-refractivity contribution in [1.29, 1.82) is 0 Å². The lowest BCUT2D eigenvalue weighted by molar-refractivity contribution is -0.152. The fraction of sp³-hybridized carbons (Fsp3) is 0.222. The van der Waals surface area contributed by atoms with Crippen LogP contribution in [0.25, 0.3) is 0 Å². The molecule has 0 spiro atoms. The Morgan fingerprint density at radius 3 is 2.37 bits per heavy atom. The average Bonchev–Trinajstić information content (AvgIpc) is 2.57. The smallest absolute Gasteiger partial charge is 0.416 e. The number of alkyl halides is 3. The molecule has 2 aromatic rings. The maximum Gasteiger partial charge on any atom is 0.416 e. The Balaban J connectivity index is 1.99. The van der Waals surface area contributed by atoms with Gasteiger partial charge in [0.05, 0.1) is 22.7 Å². The van der Waals surface area contributed by atoms with Crippen molar-refractivity contribution < 1.29 is 31.9 Å². The first-order valence-corrected chi connectivity index (χ1v) is 8.05. The molecular formula is C18H14ClF4NO3. The highest BCUT2D eigenvalue weighted by atomic mass is 35.5. The second kappa shape index (κ2) is 8.39. The molecule has 0 aliphatic rings. The Morgan fingerprint density at radius 2 is 1.78 bits per heavy atom. The number of esters is 1. The van der Waals surface area contributed by atoms with Crippen LogP contribution < -0.4 is 5.32 Å². The highest BCUT2D eigenvalue weighted by Crippen LogP contribution is 2.33. The zero-order valence-corrected chi connectivity index (χ0v) is 14.7. The molecule has 0 saturated heterocycles. The van der Waals surface area contributed by atoms with Crippen LogP contribution in [-0.4, -0.2) is 18.0 Å². The number of nitrogens with one attached hydrogen (secondary N) is 1. The molecule has 0 bridgehead atoms. The van der Waals surface area contributed by atoms with E-state index in [1.54, 1.807) is 0 Å². The van der Waals surface area contributed by atoms with E-state index in [4.69, 9.17) is 16.3 Å². The highest BCUT2D eigenvalue weighted by Gasteiger charge is 2.31. The van der Waals surface area contributed by atoms with Crippen LogP contribution in [0, 0.1) is 5.82 Å². The molecule has 2 aromatic carbocycles. The molecule has 1 amide bonds. The number of rotatable bonds is 5. The first-order valence-electron chi connectivity index (χ1n) is 7.68. The molecule has 1 atom stereocenters. The largest absolute Gasteiger partial charge is 0.452 e. The van der Waals surface area contributed by atoms with E-state index in [0.29, 0.717) is 11.6 Å². The van der Waals surface area contributed by atoms with Crippen molar-refractivity contribution in [2.45, 2.75) is 25.6 Å². The van der Waals surface area contributed by atoms with Crippen molar-refractivity contribution in [3.05, 3.63) is 64.4 Å². The number of anilines is 1. The molecule has 2 rings (SSSR count). The van der Waals surface area contributed by atoms with E-state index < -0.39 is 35.5 Å². The van der Waals surface area contributed by atoms with E-state index in [2.05, 4.69) is 5.32 Å². The van der Waals surface area contributed by atoms with Gasteiger partial charge in [0.2, 0.25) is 0 Å². The van der Waals surface area contributed by atoms with Gasteiger partial charge in [0.1, 0.15) is 5.82 Å². The third-order valence-electron chi connectivity index (χ3n) is 3.49. The quantitative estimate of drug-likeness (QED) is 0.586. The third-order valence-corrected chi connectivity index (χ3v) is 3.82. The van der Waals surface area contributed by atoms with Gasteiger partial charge >= 0.3 is 12.1 Å². The first kappa shape index (κ1) is 20.7. The van der Waals surface area contributed by atoms with Crippen LogP contribution in [0.5, 0.6) is 0 Å². The normalized spacial score (nSPS) is 12.4. The van der Waals surface area contributed by atoms with E-state index in [0.717, 1.165) is 12.1 Å². The molecule has 0 radical (unpaired) electrons. The summed E-state index contributed by atoms with van der Waals surface area (Å²) in [5, 5.41) is 2.11. The average molecular weight is 404 g/mol. The van der Waals surface area contributed by atoms with Gasteiger partial charge in [-0.2, -0.15) is 13.2 Å². The van der Waals surface area contributed by atoms with Crippen LogP contribution in [0.1, 0.15) is 18.1 Å². The molecule has 0 aromatic heterocycles. The summed E-state index contributed by atoms with van der Waals surface area (Å²) in [6.45, 7) is 1.26. The van der Waals surface area contributed by atoms with Crippen molar-refractivity contribution >= 4 is 29.2 Å². The minimum Gasteiger partial charge on any atom is -0.452 e. The minimum absolute atomic E-state index is 0.0961. The predicted molar refractivity (Wildman–Crippen MR) is 90.7 cm³/mol. The Kier molecular flexibility index (Phi) is 6.43. The number of ether oxygens (including phenoxy) is 1. The molecule has 0 fully saturated rings. The lowest BCUT2D eigenvalue weighted by Crippen LogP contribution is -2.30. The van der Waals surface area contributed by atoms with E-state index in [1.807, 2.05) is 0 Å². The van der Waals surface area contributed by atoms with Gasteiger partial charge in [-0.1, -0.05) is 23.7 Å². The lowest BCUT2D eigenvalue weighted by Gasteiger charge is -2.15. The molecule has 4 nitrogen and oxygen atoms in total. The number of hydrogen-bond donors (Lipinski definition) is 1. The molecule has 0 saturated carbocycles. The van der Waals surface area contributed by atoms with Crippen LogP contribution in [-0.2, 0) is 26.9 Å². The van der Waals surface area contributed by atoms with Gasteiger partial charge in [0, 0.05) is 0 Å². The highest BCUT2D eigenvalue weighted by molar-refractivity contribution is 6.33. The SMILES string of the molecule is C[C@H](OC(=O)Cc1ccc(F)cc1)C(=O)Nc1cc(C(F)(F)F)ccc1Cl. The number of carbonyl (C=O) groups is 2. The maximum atomic E-state index is 12.8. The summed E-state index contributed by atoms with van der Waals surface area (Å²) in [5.41, 5.74) is -0.754. The molecule has 9 heteroatoms. The summed E-state index contributed by atoms with van der Waals surface area (Å²) in [6, 6.07) is 7.61. The second-order valence-electron chi connectivity index (χ2n) is 5.62. The predicted octanol–water partition coefficient (Wildman–Crippen LogP) is 4.61. The van der Waals surface area contributed by atoms with Crippen LogP contribution in [0.3, 0.4) is 0 Å². The van der Waals surface area contributed by atoms with Gasteiger partial charge < -0.3 is 10.1 Å². The van der Waals surface area contributed by atoms with Crippen LogP contribution in [0.2, 0.25) is 5.02 Å². The second-order valence-corrected chi connectivity index (χ2v) is 6.02. The van der Waals surface area contributed by atoms with Gasteiger partial charge in [0.15, 0.2) is 6.10 Å². The van der Waals surface area contributed by atoms with E-state index in [9.17, 15) is 27.2 Å². The Morgan fingerprint density at radius 1 is 1.15 bits per heavy atom. The molecule has 1 N–H and O–H groups in total. The first-order chi connectivity index (χ1) is 12.6. The molecule has 0 unspecified atom stereocenters. The number of carbonyl (C=O) groups excluding carboxylic acids is 2. The van der Waals surface area contributed by atoms with Gasteiger partial charge in [0.25, 0.3) is 5.91 Å². The topological polar surface area (TPSA) is 55.4 Å². The van der Waals surface area contributed by atoms with Gasteiger partial charge in [-0.25, -0.2) is 4.39 Å². The molecule has 0 aliphatic heterocycles. The molecule has 0 heterocycles. The summed E-state index contributed by atoms with van der Waals surface area (Å²) in [6.07, 6.45) is -6.07. The van der Waals surface area contributed by atoms with Crippen LogP contribution in [0.4, 0.5) is 23.2 Å². The van der Waals surface area contributed by atoms with Crippen LogP contribution in [0.15, 0.2) is 42.5 Å². The Labute approximate surface area is 157 Å². The van der Waals surface area contributed by atoms with E-state index in [1.165, 1.54) is 31.2 Å². The van der Waals surface area contributed by atoms with Crippen LogP contribution >= 0.6 is 11.6 Å². The summed E-state index contributed by atoms with van der Waals surface area (Å²) < 4.78 is 56.0. The zero-order valence-electron chi connectivity index (χ0n) is 13.9. The summed E-state index contributed by atoms with van der Waals surface area (Å²) in [7, 11) is 0. The van der Waals surface area contributed by atoms with Crippen molar-refractivity contribution in [2.24, 2.45) is 0 Å². The molecule has 144 valence electrons. The third kappa shape index (κ3) is 5.96. The zero-order chi connectivity index (χ0) is 20.2. The monoisotopic (exact) mass is 403 g/mol. The number of hydrogen-bond acceptors (Lipinski definition) is 3. The maximum absolute atomic E-state index is 12.8. The number of halogens is 5. The lowest BCUT2D eigenvalue weighted by atomic mass is 10.1. The van der Waals surface area contributed by atoms with Crippen molar-refractivity contribution in [3.63, 3.8) is 0 Å². The van der Waals surface area contributed by atoms with Gasteiger partial charge in [-0.05, 0) is 42.8 Å². The minimum atomic E-state index is -4.60. The van der Waals surface area contributed by atoms with Crippen molar-refractivity contribution in [1.82, 2.24) is 0 Å². The molecule has 27 heavy (non-hydrogen) atoms. The Bertz CT molecular complexity index is 837. The van der Waals surface area contributed by atoms with Gasteiger partial charge in [-0.15, -0.1) is 0 Å². The fourth-order valence-corrected chi connectivity index (χ4v) is 2.26. The van der Waals surface area contributed by atoms with Crippen molar-refractivity contribution in [3.8, 4) is 0 Å². The summed E-state index contributed by atoms with van der Waals surface area (Å²) >= 11 is 5.80. The molecule has 0 aliphatic carbocycles. The standard InChI is InChI=1S/C18H14ClF4NO3/c1-10(27-16(25)8-11-2-5-13(20)6-3-11)17(26)24-15-9-12(18(21,22)23)4-7-14(15)19/h2-7,9-10H,8H2,1H3,(H,24,26)/t10-/m0/s1. The summed E-state index contributed by atoms with van der Waals surface area (Å²) in [5.74, 6) is -2.05. The van der Waals surface area contributed by atoms with E-state index >= 15 is 0 Å². The van der Waals surface area contributed by atoms with Crippen molar-refractivity contribution in [2.75, 3.05) is 5.32 Å². The Hall–Kier alpha value is -2.61. The number of benzene rings is 2. The molecular weight excluding hydrogens is 390 g/mol. The number of amides is 1. The van der Waals surface area contributed by atoms with Gasteiger partial charge in [-0.3, -0.25) is 9.59 Å². The van der Waals surface area contributed by atoms with E-state index in [-0.39, 0.29) is 17.1 Å². The fourth-order valence-electron chi connectivity index (χ4n) is 2.09.